The smallest absolute Gasteiger partial charge is 0.270 e. The Morgan fingerprint density at radius 2 is 2.03 bits per heavy atom. The molecule has 3 aromatic heterocycles. The standard InChI is InChI=1S/C24H19ClN6O2/c1-13-7-16(9-20(25)27-13)21-22(15-4-2-3-14(8-15)12-26)30-31-6-5-19(29-23(21)31)24(33)28-17-10-18(32)11-17/h2-9,17-18,32H,10-11H2,1H3,(H,28,33)/t17-,18+. The Hall–Kier alpha value is -3.80. The predicted molar refractivity (Wildman–Crippen MR) is 123 cm³/mol. The van der Waals surface area contributed by atoms with Crippen LogP contribution in [-0.2, 0) is 0 Å². The molecule has 2 N–H and O–H groups in total. The Labute approximate surface area is 194 Å². The first-order chi connectivity index (χ1) is 15.9. The first kappa shape index (κ1) is 21.1. The van der Waals surface area contributed by atoms with E-state index in [-0.39, 0.29) is 23.7 Å². The molecule has 1 saturated carbocycles. The molecule has 33 heavy (non-hydrogen) atoms. The summed E-state index contributed by atoms with van der Waals surface area (Å²) >= 11 is 6.25. The van der Waals surface area contributed by atoms with Gasteiger partial charge in [0.05, 0.1) is 23.3 Å². The Bertz CT molecular complexity index is 1410. The number of hydrogen-bond donors (Lipinski definition) is 2. The summed E-state index contributed by atoms with van der Waals surface area (Å²) in [4.78, 5) is 21.6. The summed E-state index contributed by atoms with van der Waals surface area (Å²) in [5.41, 5.74) is 4.77. The summed E-state index contributed by atoms with van der Waals surface area (Å²) in [6, 6.07) is 14.5. The number of aryl methyl sites for hydroxylation is 1. The number of aliphatic hydroxyl groups excluding tert-OH is 1. The molecule has 1 fully saturated rings. The minimum atomic E-state index is -0.362. The van der Waals surface area contributed by atoms with Crippen molar-refractivity contribution in [2.24, 2.45) is 0 Å². The Balaban J connectivity index is 1.67. The average molecular weight is 459 g/mol. The molecule has 0 unspecified atom stereocenters. The maximum absolute atomic E-state index is 12.8. The zero-order chi connectivity index (χ0) is 23.1. The number of amides is 1. The van der Waals surface area contributed by atoms with Crippen molar-refractivity contribution in [1.29, 1.82) is 5.26 Å². The zero-order valence-electron chi connectivity index (χ0n) is 17.7. The minimum absolute atomic E-state index is 0.0548. The second kappa shape index (κ2) is 8.28. The van der Waals surface area contributed by atoms with E-state index < -0.39 is 0 Å². The van der Waals surface area contributed by atoms with Crippen molar-refractivity contribution >= 4 is 23.2 Å². The Kier molecular flexibility index (Phi) is 5.29. The molecule has 4 aromatic rings. The van der Waals surface area contributed by atoms with Crippen LogP contribution >= 0.6 is 11.6 Å². The highest BCUT2D eigenvalue weighted by Gasteiger charge is 2.29. The summed E-state index contributed by atoms with van der Waals surface area (Å²) in [5, 5.41) is 26.8. The molecule has 1 aliphatic carbocycles. The molecule has 8 nitrogen and oxygen atoms in total. The van der Waals surface area contributed by atoms with Crippen LogP contribution in [0.1, 0.15) is 34.6 Å². The highest BCUT2D eigenvalue weighted by molar-refractivity contribution is 6.29. The van der Waals surface area contributed by atoms with Gasteiger partial charge in [0.15, 0.2) is 5.65 Å². The lowest BCUT2D eigenvalue weighted by Gasteiger charge is -2.31. The molecule has 0 radical (unpaired) electrons. The molecule has 5 rings (SSSR count). The molecule has 3 heterocycles. The molecule has 1 aliphatic rings. The molecular formula is C24H19ClN6O2. The number of hydrogen-bond acceptors (Lipinski definition) is 6. The third kappa shape index (κ3) is 4.04. The van der Waals surface area contributed by atoms with Crippen molar-refractivity contribution in [2.75, 3.05) is 0 Å². The van der Waals surface area contributed by atoms with E-state index in [0.29, 0.717) is 40.5 Å². The predicted octanol–water partition coefficient (Wildman–Crippen LogP) is 3.54. The second-order valence-corrected chi connectivity index (χ2v) is 8.50. The topological polar surface area (TPSA) is 116 Å². The minimum Gasteiger partial charge on any atom is -0.393 e. The molecular weight excluding hydrogens is 440 g/mol. The van der Waals surface area contributed by atoms with E-state index in [9.17, 15) is 15.2 Å². The molecule has 1 aromatic carbocycles. The molecule has 164 valence electrons. The maximum Gasteiger partial charge on any atom is 0.270 e. The van der Waals surface area contributed by atoms with Gasteiger partial charge in [-0.25, -0.2) is 14.5 Å². The summed E-state index contributed by atoms with van der Waals surface area (Å²) in [7, 11) is 0. The van der Waals surface area contributed by atoms with Gasteiger partial charge >= 0.3 is 0 Å². The van der Waals surface area contributed by atoms with Crippen LogP contribution in [0.2, 0.25) is 5.15 Å². The molecule has 0 bridgehead atoms. The number of rotatable bonds is 4. The van der Waals surface area contributed by atoms with Gasteiger partial charge in [0.25, 0.3) is 5.91 Å². The van der Waals surface area contributed by atoms with Gasteiger partial charge in [0.2, 0.25) is 0 Å². The van der Waals surface area contributed by atoms with Crippen LogP contribution in [0.3, 0.4) is 0 Å². The number of aromatic nitrogens is 4. The number of halogens is 1. The number of nitrogens with zero attached hydrogens (tertiary/aromatic N) is 5. The van der Waals surface area contributed by atoms with E-state index in [2.05, 4.69) is 21.4 Å². The first-order valence-corrected chi connectivity index (χ1v) is 10.8. The zero-order valence-corrected chi connectivity index (χ0v) is 18.4. The van der Waals surface area contributed by atoms with E-state index in [1.54, 1.807) is 41.0 Å². The van der Waals surface area contributed by atoms with Gasteiger partial charge in [0, 0.05) is 23.5 Å². The molecule has 0 atom stereocenters. The molecule has 0 aliphatic heterocycles. The van der Waals surface area contributed by atoms with Crippen LogP contribution in [-0.4, -0.2) is 42.7 Å². The van der Waals surface area contributed by atoms with Crippen LogP contribution in [0.4, 0.5) is 0 Å². The van der Waals surface area contributed by atoms with Gasteiger partial charge in [-0.2, -0.15) is 10.4 Å². The summed E-state index contributed by atoms with van der Waals surface area (Å²) in [5.74, 6) is -0.307. The lowest BCUT2D eigenvalue weighted by atomic mass is 9.89. The fourth-order valence-corrected chi connectivity index (χ4v) is 4.25. The van der Waals surface area contributed by atoms with E-state index in [4.69, 9.17) is 16.7 Å². The van der Waals surface area contributed by atoms with Crippen molar-refractivity contribution in [1.82, 2.24) is 24.9 Å². The average Bonchev–Trinajstić information content (AvgIpc) is 3.16. The number of nitrogens with one attached hydrogen (secondary N) is 1. The lowest BCUT2D eigenvalue weighted by Crippen LogP contribution is -2.46. The third-order valence-electron chi connectivity index (χ3n) is 5.64. The van der Waals surface area contributed by atoms with Crippen LogP contribution < -0.4 is 5.32 Å². The van der Waals surface area contributed by atoms with Crippen molar-refractivity contribution in [2.45, 2.75) is 31.9 Å². The van der Waals surface area contributed by atoms with Crippen LogP contribution in [0.15, 0.2) is 48.7 Å². The quantitative estimate of drug-likeness (QED) is 0.452. The number of aliphatic hydroxyl groups is 1. The Morgan fingerprint density at radius 1 is 1.21 bits per heavy atom. The van der Waals surface area contributed by atoms with Gasteiger partial charge in [-0.15, -0.1) is 0 Å². The van der Waals surface area contributed by atoms with Gasteiger partial charge in [-0.05, 0) is 55.7 Å². The number of fused-ring (bicyclic) bond motifs is 1. The summed E-state index contributed by atoms with van der Waals surface area (Å²) in [6.45, 7) is 1.84. The first-order valence-electron chi connectivity index (χ1n) is 10.4. The number of carbonyl (C=O) groups is 1. The van der Waals surface area contributed by atoms with Crippen LogP contribution in [0, 0.1) is 18.3 Å². The molecule has 0 saturated heterocycles. The van der Waals surface area contributed by atoms with E-state index in [0.717, 1.165) is 16.8 Å². The monoisotopic (exact) mass is 458 g/mol. The van der Waals surface area contributed by atoms with Gasteiger partial charge < -0.3 is 10.4 Å². The fraction of sp³-hybridized carbons (Fsp3) is 0.208. The van der Waals surface area contributed by atoms with Gasteiger partial charge in [0.1, 0.15) is 16.5 Å². The Morgan fingerprint density at radius 3 is 2.76 bits per heavy atom. The SMILES string of the molecule is Cc1cc(-c2c(-c3cccc(C#N)c3)nn3ccc(C(=O)N[C@H]4C[C@@H](O)C4)nc23)cc(Cl)n1. The fourth-order valence-electron chi connectivity index (χ4n) is 4.00. The van der Waals surface area contributed by atoms with Gasteiger partial charge in [-0.1, -0.05) is 23.7 Å². The van der Waals surface area contributed by atoms with Crippen molar-refractivity contribution in [3.05, 3.63) is 70.8 Å². The third-order valence-corrected chi connectivity index (χ3v) is 5.84. The molecule has 1 amide bonds. The highest BCUT2D eigenvalue weighted by Crippen LogP contribution is 2.36. The van der Waals surface area contributed by atoms with E-state index in [1.165, 1.54) is 0 Å². The summed E-state index contributed by atoms with van der Waals surface area (Å²) < 4.78 is 1.61. The van der Waals surface area contributed by atoms with Crippen molar-refractivity contribution in [3.63, 3.8) is 0 Å². The number of pyridine rings is 1. The normalized spacial score (nSPS) is 17.4. The maximum atomic E-state index is 12.8. The number of benzene rings is 1. The van der Waals surface area contributed by atoms with Gasteiger partial charge in [-0.3, -0.25) is 4.79 Å². The number of nitriles is 1. The van der Waals surface area contributed by atoms with Crippen molar-refractivity contribution in [3.8, 4) is 28.5 Å². The largest absolute Gasteiger partial charge is 0.393 e. The van der Waals surface area contributed by atoms with E-state index in [1.807, 2.05) is 19.1 Å². The van der Waals surface area contributed by atoms with Crippen molar-refractivity contribution < 1.29 is 9.90 Å². The highest BCUT2D eigenvalue weighted by atomic mass is 35.5. The van der Waals surface area contributed by atoms with Crippen LogP contribution in [0.5, 0.6) is 0 Å². The lowest BCUT2D eigenvalue weighted by molar-refractivity contribution is 0.0560. The number of carbonyl (C=O) groups excluding carboxylic acids is 1. The summed E-state index contributed by atoms with van der Waals surface area (Å²) in [6.07, 6.45) is 2.41. The van der Waals surface area contributed by atoms with Crippen LogP contribution in [0.25, 0.3) is 28.0 Å². The molecule has 0 spiro atoms. The van der Waals surface area contributed by atoms with E-state index >= 15 is 0 Å². The second-order valence-electron chi connectivity index (χ2n) is 8.11. The molecule has 9 heteroatoms.